The van der Waals surface area contributed by atoms with Crippen molar-refractivity contribution in [1.29, 1.82) is 0 Å². The SMILES string of the molecule is CSc1ccccc1CN(C)CC1CCNCC1. The van der Waals surface area contributed by atoms with Crippen LogP contribution in [0.3, 0.4) is 0 Å². The zero-order valence-electron chi connectivity index (χ0n) is 11.5. The summed E-state index contributed by atoms with van der Waals surface area (Å²) in [5.41, 5.74) is 1.46. The molecule has 1 aromatic rings. The minimum atomic E-state index is 0.873. The Labute approximate surface area is 115 Å². The lowest BCUT2D eigenvalue weighted by Crippen LogP contribution is -2.34. The highest BCUT2D eigenvalue weighted by Crippen LogP contribution is 2.22. The lowest BCUT2D eigenvalue weighted by atomic mass is 9.97. The highest BCUT2D eigenvalue weighted by molar-refractivity contribution is 7.98. The predicted octanol–water partition coefficient (Wildman–Crippen LogP) is 2.84. The Kier molecular flexibility index (Phi) is 5.54. The maximum absolute atomic E-state index is 3.43. The number of piperidine rings is 1. The highest BCUT2D eigenvalue weighted by Gasteiger charge is 2.15. The van der Waals surface area contributed by atoms with Crippen LogP contribution in [0.4, 0.5) is 0 Å². The monoisotopic (exact) mass is 264 g/mol. The molecule has 0 bridgehead atoms. The van der Waals surface area contributed by atoms with Crippen LogP contribution in [0, 0.1) is 5.92 Å². The van der Waals surface area contributed by atoms with Gasteiger partial charge in [0.1, 0.15) is 0 Å². The molecule has 2 rings (SSSR count). The molecule has 1 N–H and O–H groups in total. The van der Waals surface area contributed by atoms with Crippen LogP contribution < -0.4 is 5.32 Å². The predicted molar refractivity (Wildman–Crippen MR) is 80.2 cm³/mol. The summed E-state index contributed by atoms with van der Waals surface area (Å²) in [4.78, 5) is 3.89. The van der Waals surface area contributed by atoms with Crippen molar-refractivity contribution in [2.45, 2.75) is 24.3 Å². The fourth-order valence-corrected chi connectivity index (χ4v) is 3.30. The van der Waals surface area contributed by atoms with Crippen molar-refractivity contribution in [3.8, 4) is 0 Å². The molecule has 1 saturated heterocycles. The normalized spacial score (nSPS) is 17.3. The molecule has 0 spiro atoms. The molecule has 18 heavy (non-hydrogen) atoms. The summed E-state index contributed by atoms with van der Waals surface area (Å²) in [6.45, 7) is 4.69. The van der Waals surface area contributed by atoms with Gasteiger partial charge in [-0.05, 0) is 56.8 Å². The molecule has 0 aromatic heterocycles. The highest BCUT2D eigenvalue weighted by atomic mass is 32.2. The fraction of sp³-hybridized carbons (Fsp3) is 0.600. The van der Waals surface area contributed by atoms with E-state index in [4.69, 9.17) is 0 Å². The molecular formula is C15H24N2S. The maximum atomic E-state index is 3.43. The lowest BCUT2D eigenvalue weighted by Gasteiger charge is -2.27. The van der Waals surface area contributed by atoms with Crippen LogP contribution in [0.25, 0.3) is 0 Å². The molecule has 3 heteroatoms. The van der Waals surface area contributed by atoms with E-state index < -0.39 is 0 Å². The molecule has 1 aliphatic rings. The van der Waals surface area contributed by atoms with Crippen molar-refractivity contribution < 1.29 is 0 Å². The second kappa shape index (κ2) is 7.17. The van der Waals surface area contributed by atoms with Gasteiger partial charge >= 0.3 is 0 Å². The van der Waals surface area contributed by atoms with Crippen molar-refractivity contribution in [3.05, 3.63) is 29.8 Å². The fourth-order valence-electron chi connectivity index (χ4n) is 2.69. The molecule has 0 saturated carbocycles. The van der Waals surface area contributed by atoms with Crippen LogP contribution in [0.2, 0.25) is 0 Å². The van der Waals surface area contributed by atoms with Crippen LogP contribution in [0.1, 0.15) is 18.4 Å². The summed E-state index contributed by atoms with van der Waals surface area (Å²) < 4.78 is 0. The van der Waals surface area contributed by atoms with Gasteiger partial charge in [0.05, 0.1) is 0 Å². The third-order valence-corrected chi connectivity index (χ3v) is 4.50. The summed E-state index contributed by atoms with van der Waals surface area (Å²) in [6, 6.07) is 8.75. The standard InChI is InChI=1S/C15H24N2S/c1-17(11-13-7-9-16-10-8-13)12-14-5-3-4-6-15(14)18-2/h3-6,13,16H,7-12H2,1-2H3. The van der Waals surface area contributed by atoms with Crippen molar-refractivity contribution >= 4 is 11.8 Å². The maximum Gasteiger partial charge on any atom is 0.0241 e. The van der Waals surface area contributed by atoms with Gasteiger partial charge in [0.25, 0.3) is 0 Å². The first-order valence-corrected chi connectivity index (χ1v) is 8.03. The van der Waals surface area contributed by atoms with Crippen LogP contribution in [0.5, 0.6) is 0 Å². The van der Waals surface area contributed by atoms with Crippen LogP contribution in [-0.4, -0.2) is 37.8 Å². The van der Waals surface area contributed by atoms with Crippen LogP contribution in [0.15, 0.2) is 29.2 Å². The van der Waals surface area contributed by atoms with E-state index in [1.165, 1.54) is 42.9 Å². The molecule has 0 atom stereocenters. The van der Waals surface area contributed by atoms with Crippen LogP contribution in [-0.2, 0) is 6.54 Å². The zero-order chi connectivity index (χ0) is 12.8. The molecule has 2 nitrogen and oxygen atoms in total. The van der Waals surface area contributed by atoms with Gasteiger partial charge in [-0.1, -0.05) is 18.2 Å². The summed E-state index contributed by atoms with van der Waals surface area (Å²) in [5, 5.41) is 3.43. The Hall–Kier alpha value is -0.510. The number of benzene rings is 1. The van der Waals surface area contributed by atoms with E-state index in [9.17, 15) is 0 Å². The molecule has 0 aliphatic carbocycles. The van der Waals surface area contributed by atoms with Gasteiger partial charge in [-0.2, -0.15) is 0 Å². The van der Waals surface area contributed by atoms with Gasteiger partial charge in [-0.25, -0.2) is 0 Å². The molecule has 1 heterocycles. The largest absolute Gasteiger partial charge is 0.317 e. The first-order valence-electron chi connectivity index (χ1n) is 6.80. The third kappa shape index (κ3) is 4.01. The lowest BCUT2D eigenvalue weighted by molar-refractivity contribution is 0.233. The molecule has 0 amide bonds. The molecule has 1 aliphatic heterocycles. The molecular weight excluding hydrogens is 240 g/mol. The van der Waals surface area contributed by atoms with Gasteiger partial charge < -0.3 is 10.2 Å². The molecule has 0 unspecified atom stereocenters. The van der Waals surface area contributed by atoms with E-state index in [0.717, 1.165) is 12.5 Å². The van der Waals surface area contributed by atoms with Gasteiger partial charge in [0.2, 0.25) is 0 Å². The van der Waals surface area contributed by atoms with E-state index in [1.54, 1.807) is 0 Å². The minimum Gasteiger partial charge on any atom is -0.317 e. The molecule has 1 aromatic carbocycles. The van der Waals surface area contributed by atoms with E-state index in [1.807, 2.05) is 11.8 Å². The average molecular weight is 264 g/mol. The van der Waals surface area contributed by atoms with Crippen molar-refractivity contribution in [2.24, 2.45) is 5.92 Å². The Balaban J connectivity index is 1.87. The Morgan fingerprint density at radius 1 is 1.28 bits per heavy atom. The third-order valence-electron chi connectivity index (χ3n) is 3.66. The van der Waals surface area contributed by atoms with Crippen molar-refractivity contribution in [2.75, 3.05) is 32.9 Å². The van der Waals surface area contributed by atoms with Crippen molar-refractivity contribution in [3.63, 3.8) is 0 Å². The first kappa shape index (κ1) is 13.9. The second-order valence-electron chi connectivity index (χ2n) is 5.20. The second-order valence-corrected chi connectivity index (χ2v) is 6.05. The number of hydrogen-bond acceptors (Lipinski definition) is 3. The molecule has 0 radical (unpaired) electrons. The van der Waals surface area contributed by atoms with Gasteiger partial charge in [0.15, 0.2) is 0 Å². The number of rotatable bonds is 5. The van der Waals surface area contributed by atoms with E-state index in [0.29, 0.717) is 0 Å². The van der Waals surface area contributed by atoms with Crippen molar-refractivity contribution in [1.82, 2.24) is 10.2 Å². The quantitative estimate of drug-likeness (QED) is 0.823. The zero-order valence-corrected chi connectivity index (χ0v) is 12.3. The Bertz CT molecular complexity index is 361. The topological polar surface area (TPSA) is 15.3 Å². The summed E-state index contributed by atoms with van der Waals surface area (Å²) in [6.07, 6.45) is 4.81. The Morgan fingerprint density at radius 2 is 2.00 bits per heavy atom. The number of hydrogen-bond donors (Lipinski definition) is 1. The molecule has 1 fully saturated rings. The smallest absolute Gasteiger partial charge is 0.0241 e. The van der Waals surface area contributed by atoms with Crippen LogP contribution >= 0.6 is 11.8 Å². The first-order chi connectivity index (χ1) is 8.79. The Morgan fingerprint density at radius 3 is 2.72 bits per heavy atom. The van der Waals surface area contributed by atoms with Gasteiger partial charge in [-0.15, -0.1) is 11.8 Å². The summed E-state index contributed by atoms with van der Waals surface area (Å²) in [7, 11) is 2.25. The number of nitrogens with zero attached hydrogens (tertiary/aromatic N) is 1. The van der Waals surface area contributed by atoms with E-state index >= 15 is 0 Å². The average Bonchev–Trinajstić information content (AvgIpc) is 2.40. The number of nitrogens with one attached hydrogen (secondary N) is 1. The minimum absolute atomic E-state index is 0.873. The summed E-state index contributed by atoms with van der Waals surface area (Å²) in [5.74, 6) is 0.873. The van der Waals surface area contributed by atoms with Gasteiger partial charge in [-0.3, -0.25) is 0 Å². The molecule has 100 valence electrons. The number of thioether (sulfide) groups is 1. The van der Waals surface area contributed by atoms with E-state index in [-0.39, 0.29) is 0 Å². The summed E-state index contributed by atoms with van der Waals surface area (Å²) >= 11 is 1.85. The van der Waals surface area contributed by atoms with E-state index in [2.05, 4.69) is 47.8 Å². The van der Waals surface area contributed by atoms with Gasteiger partial charge in [0, 0.05) is 18.0 Å².